The van der Waals surface area contributed by atoms with Crippen molar-refractivity contribution in [3.05, 3.63) is 65.4 Å². The van der Waals surface area contributed by atoms with Crippen molar-refractivity contribution < 1.29 is 13.9 Å². The summed E-state index contributed by atoms with van der Waals surface area (Å²) in [4.78, 5) is 16.8. The molecule has 1 aromatic carbocycles. The van der Waals surface area contributed by atoms with Crippen molar-refractivity contribution in [3.8, 4) is 0 Å². The second-order valence-corrected chi connectivity index (χ2v) is 7.37. The number of aryl methyl sites for hydroxylation is 1. The van der Waals surface area contributed by atoms with E-state index in [0.29, 0.717) is 45.1 Å². The second kappa shape index (κ2) is 9.19. The van der Waals surface area contributed by atoms with Crippen LogP contribution in [0.2, 0.25) is 0 Å². The van der Waals surface area contributed by atoms with Crippen LogP contribution in [0.4, 0.5) is 0 Å². The molecular weight excluding hydrogens is 384 g/mol. The highest BCUT2D eigenvalue weighted by Crippen LogP contribution is 2.28. The monoisotopic (exact) mass is 410 g/mol. The fourth-order valence-electron chi connectivity index (χ4n) is 3.76. The van der Waals surface area contributed by atoms with Crippen molar-refractivity contribution >= 4 is 5.91 Å². The molecule has 1 aliphatic rings. The molecule has 3 aromatic rings. The molecule has 0 spiro atoms. The van der Waals surface area contributed by atoms with Gasteiger partial charge in [0, 0.05) is 33.3 Å². The minimum Gasteiger partial charge on any atom is -0.459 e. The average molecular weight is 410 g/mol. The Morgan fingerprint density at radius 1 is 1.17 bits per heavy atom. The van der Waals surface area contributed by atoms with Gasteiger partial charge in [-0.2, -0.15) is 0 Å². The number of nitrogens with zero attached hydrogens (tertiary/aromatic N) is 6. The van der Waals surface area contributed by atoms with E-state index in [-0.39, 0.29) is 11.9 Å². The van der Waals surface area contributed by atoms with Gasteiger partial charge in [-0.15, -0.1) is 5.10 Å². The molecule has 1 saturated heterocycles. The molecule has 0 saturated carbocycles. The Bertz CT molecular complexity index is 946. The minimum absolute atomic E-state index is 0.0727. The zero-order valence-corrected chi connectivity index (χ0v) is 17.3. The van der Waals surface area contributed by atoms with Crippen molar-refractivity contribution in [1.82, 2.24) is 30.0 Å². The van der Waals surface area contributed by atoms with Gasteiger partial charge in [0.1, 0.15) is 0 Å². The number of ether oxygens (including phenoxy) is 1. The summed E-state index contributed by atoms with van der Waals surface area (Å²) >= 11 is 0. The number of aromatic nitrogens is 4. The Labute approximate surface area is 175 Å². The van der Waals surface area contributed by atoms with E-state index in [1.54, 1.807) is 23.9 Å². The van der Waals surface area contributed by atoms with Crippen LogP contribution in [0.5, 0.6) is 0 Å². The summed E-state index contributed by atoms with van der Waals surface area (Å²) in [7, 11) is 1.66. The third kappa shape index (κ3) is 4.27. The first kappa shape index (κ1) is 20.2. The van der Waals surface area contributed by atoms with E-state index in [2.05, 4.69) is 51.6 Å². The Balaban J connectivity index is 1.56. The van der Waals surface area contributed by atoms with E-state index in [0.717, 1.165) is 11.4 Å². The van der Waals surface area contributed by atoms with Gasteiger partial charge in [0.15, 0.2) is 11.6 Å². The van der Waals surface area contributed by atoms with Gasteiger partial charge >= 0.3 is 0 Å². The van der Waals surface area contributed by atoms with Crippen LogP contribution in [0.3, 0.4) is 0 Å². The predicted molar refractivity (Wildman–Crippen MR) is 109 cm³/mol. The molecule has 1 atom stereocenters. The molecule has 0 bridgehead atoms. The average Bonchev–Trinajstić information content (AvgIpc) is 3.46. The van der Waals surface area contributed by atoms with Gasteiger partial charge in [-0.1, -0.05) is 29.8 Å². The molecule has 3 heterocycles. The van der Waals surface area contributed by atoms with E-state index in [9.17, 15) is 4.79 Å². The van der Waals surface area contributed by atoms with E-state index in [1.165, 1.54) is 11.8 Å². The van der Waals surface area contributed by atoms with Crippen LogP contribution < -0.4 is 0 Å². The quantitative estimate of drug-likeness (QED) is 0.586. The first-order valence-electron chi connectivity index (χ1n) is 10.1. The molecule has 9 heteroatoms. The molecule has 2 aromatic heterocycles. The van der Waals surface area contributed by atoms with Crippen LogP contribution in [-0.4, -0.2) is 75.8 Å². The van der Waals surface area contributed by atoms with Crippen molar-refractivity contribution in [1.29, 1.82) is 0 Å². The number of carbonyl (C=O) groups is 1. The number of piperazine rings is 1. The van der Waals surface area contributed by atoms with E-state index in [4.69, 9.17) is 9.15 Å². The Morgan fingerprint density at radius 3 is 2.60 bits per heavy atom. The fraction of sp³-hybridized carbons (Fsp3) is 0.429. The van der Waals surface area contributed by atoms with Gasteiger partial charge in [-0.25, -0.2) is 4.68 Å². The topological polar surface area (TPSA) is 89.5 Å². The van der Waals surface area contributed by atoms with Crippen LogP contribution >= 0.6 is 0 Å². The minimum atomic E-state index is -0.0988. The lowest BCUT2D eigenvalue weighted by atomic mass is 10.0. The number of hydrogen-bond acceptors (Lipinski definition) is 7. The van der Waals surface area contributed by atoms with Crippen molar-refractivity contribution in [2.24, 2.45) is 0 Å². The molecule has 9 nitrogen and oxygen atoms in total. The molecule has 0 unspecified atom stereocenters. The molecule has 1 amide bonds. The molecule has 1 aliphatic heterocycles. The molecule has 30 heavy (non-hydrogen) atoms. The van der Waals surface area contributed by atoms with Crippen LogP contribution in [-0.2, 0) is 11.3 Å². The number of furan rings is 1. The van der Waals surface area contributed by atoms with Gasteiger partial charge in [0.2, 0.25) is 0 Å². The number of amides is 1. The van der Waals surface area contributed by atoms with E-state index < -0.39 is 0 Å². The zero-order chi connectivity index (χ0) is 20.9. The molecule has 0 radical (unpaired) electrons. The lowest BCUT2D eigenvalue weighted by Crippen LogP contribution is -2.50. The van der Waals surface area contributed by atoms with Gasteiger partial charge in [0.25, 0.3) is 5.91 Å². The van der Waals surface area contributed by atoms with Gasteiger partial charge < -0.3 is 14.1 Å². The lowest BCUT2D eigenvalue weighted by Gasteiger charge is -2.38. The Kier molecular flexibility index (Phi) is 6.20. The first-order valence-corrected chi connectivity index (χ1v) is 10.1. The van der Waals surface area contributed by atoms with Crippen LogP contribution in [0, 0.1) is 6.92 Å². The molecule has 158 valence electrons. The second-order valence-electron chi connectivity index (χ2n) is 7.37. The molecule has 0 aliphatic carbocycles. The van der Waals surface area contributed by atoms with Crippen LogP contribution in [0.15, 0.2) is 47.1 Å². The maximum atomic E-state index is 12.6. The highest BCUT2D eigenvalue weighted by Gasteiger charge is 2.32. The van der Waals surface area contributed by atoms with Gasteiger partial charge in [-0.3, -0.25) is 9.69 Å². The smallest absolute Gasteiger partial charge is 0.289 e. The molecular formula is C21H26N6O3. The van der Waals surface area contributed by atoms with Crippen molar-refractivity contribution in [2.45, 2.75) is 19.5 Å². The SMILES string of the molecule is COCCn1nnnc1[C@H](c1ccc(C)cc1)N1CCN(C(=O)c2ccco2)CC1. The summed E-state index contributed by atoms with van der Waals surface area (Å²) in [5.41, 5.74) is 2.32. The summed E-state index contributed by atoms with van der Waals surface area (Å²) in [5, 5.41) is 12.4. The summed E-state index contributed by atoms with van der Waals surface area (Å²) in [6.07, 6.45) is 1.52. The number of benzene rings is 1. The fourth-order valence-corrected chi connectivity index (χ4v) is 3.76. The van der Waals surface area contributed by atoms with Crippen molar-refractivity contribution in [2.75, 3.05) is 39.9 Å². The molecule has 1 fully saturated rings. The van der Waals surface area contributed by atoms with Crippen LogP contribution in [0.1, 0.15) is 33.5 Å². The summed E-state index contributed by atoms with van der Waals surface area (Å²) in [6.45, 7) is 5.83. The predicted octanol–water partition coefficient (Wildman–Crippen LogP) is 1.77. The van der Waals surface area contributed by atoms with E-state index >= 15 is 0 Å². The Morgan fingerprint density at radius 2 is 1.93 bits per heavy atom. The zero-order valence-electron chi connectivity index (χ0n) is 17.3. The summed E-state index contributed by atoms with van der Waals surface area (Å²) < 4.78 is 12.3. The maximum absolute atomic E-state index is 12.6. The highest BCUT2D eigenvalue weighted by molar-refractivity contribution is 5.91. The standard InChI is InChI=1S/C21H26N6O3/c1-16-5-7-17(8-6-16)19(20-22-23-24-27(20)13-15-29-2)25-9-11-26(12-10-25)21(28)18-4-3-14-30-18/h3-8,14,19H,9-13,15H2,1-2H3/t19-/m0/s1. The van der Waals surface area contributed by atoms with Crippen LogP contribution in [0.25, 0.3) is 0 Å². The Hall–Kier alpha value is -3.04. The third-order valence-electron chi connectivity index (χ3n) is 5.40. The number of carbonyl (C=O) groups excluding carboxylic acids is 1. The summed E-state index contributed by atoms with van der Waals surface area (Å²) in [5.74, 6) is 1.08. The largest absolute Gasteiger partial charge is 0.459 e. The van der Waals surface area contributed by atoms with Gasteiger partial charge in [0.05, 0.1) is 25.5 Å². The van der Waals surface area contributed by atoms with Gasteiger partial charge in [-0.05, 0) is 35.0 Å². The lowest BCUT2D eigenvalue weighted by molar-refractivity contribution is 0.0558. The number of methoxy groups -OCH3 is 1. The van der Waals surface area contributed by atoms with E-state index in [1.807, 2.05) is 4.90 Å². The first-order chi connectivity index (χ1) is 14.7. The normalized spacial score (nSPS) is 16.0. The maximum Gasteiger partial charge on any atom is 0.289 e. The summed E-state index contributed by atoms with van der Waals surface area (Å²) in [6, 6.07) is 11.8. The number of hydrogen-bond donors (Lipinski definition) is 0. The number of tetrazole rings is 1. The highest BCUT2D eigenvalue weighted by atomic mass is 16.5. The third-order valence-corrected chi connectivity index (χ3v) is 5.40. The van der Waals surface area contributed by atoms with Crippen molar-refractivity contribution in [3.63, 3.8) is 0 Å². The molecule has 0 N–H and O–H groups in total. The molecule has 4 rings (SSSR count). The number of rotatable bonds is 7.